The van der Waals surface area contributed by atoms with Crippen LogP contribution >= 0.6 is 24.8 Å². The second-order valence-electron chi connectivity index (χ2n) is 5.66. The van der Waals surface area contributed by atoms with Crippen LogP contribution in [-0.2, 0) is 14.6 Å². The second kappa shape index (κ2) is 8.85. The van der Waals surface area contributed by atoms with Crippen molar-refractivity contribution in [2.75, 3.05) is 31.4 Å². The third-order valence-corrected chi connectivity index (χ3v) is 6.48. The van der Waals surface area contributed by atoms with E-state index in [0.29, 0.717) is 24.1 Å². The van der Waals surface area contributed by atoms with E-state index < -0.39 is 15.7 Å². The molecule has 1 aliphatic rings. The van der Waals surface area contributed by atoms with Crippen LogP contribution in [0.3, 0.4) is 0 Å². The molecule has 0 spiro atoms. The Bertz CT molecular complexity index is 847. The van der Waals surface area contributed by atoms with Crippen molar-refractivity contribution in [1.82, 2.24) is 4.98 Å². The highest BCUT2D eigenvalue weighted by Crippen LogP contribution is 2.26. The van der Waals surface area contributed by atoms with Gasteiger partial charge in [0.1, 0.15) is 5.75 Å². The first-order valence-electron chi connectivity index (χ1n) is 7.69. The molecule has 0 bridgehead atoms. The van der Waals surface area contributed by atoms with Gasteiger partial charge in [0.05, 0.1) is 29.9 Å². The van der Waals surface area contributed by atoms with Crippen molar-refractivity contribution in [3.05, 3.63) is 35.3 Å². The number of carbonyl (C=O) groups is 1. The summed E-state index contributed by atoms with van der Waals surface area (Å²) in [6.07, 6.45) is 2.30. The number of anilines is 1. The number of nitrogens with one attached hydrogen (secondary N) is 1. The zero-order valence-corrected chi connectivity index (χ0v) is 16.7. The molecule has 1 N–H and O–H groups in total. The van der Waals surface area contributed by atoms with Crippen LogP contribution in [0.25, 0.3) is 0 Å². The summed E-state index contributed by atoms with van der Waals surface area (Å²) in [5.41, 5.74) is 0.154. The summed E-state index contributed by atoms with van der Waals surface area (Å²) in [6.45, 7) is 1.04. The first kappa shape index (κ1) is 20.7. The lowest BCUT2D eigenvalue weighted by Gasteiger charge is -2.12. The highest BCUT2D eigenvalue weighted by Gasteiger charge is 2.26. The van der Waals surface area contributed by atoms with E-state index in [1.54, 1.807) is 11.6 Å². The maximum absolute atomic E-state index is 12.6. The SMILES string of the molecule is COc1ccc(S(=O)(=O)C[C@H]2CCOC2)cc1C(=O)Nc1nccs1.S. The monoisotopic (exact) mass is 416 g/mol. The van der Waals surface area contributed by atoms with Crippen LogP contribution in [-0.4, -0.2) is 45.4 Å². The lowest BCUT2D eigenvalue weighted by atomic mass is 10.2. The molecule has 0 radical (unpaired) electrons. The van der Waals surface area contributed by atoms with Crippen LogP contribution in [0.4, 0.5) is 5.13 Å². The molecule has 10 heteroatoms. The topological polar surface area (TPSA) is 94.6 Å². The van der Waals surface area contributed by atoms with Gasteiger partial charge < -0.3 is 9.47 Å². The van der Waals surface area contributed by atoms with Gasteiger partial charge in [0.15, 0.2) is 15.0 Å². The molecular weight excluding hydrogens is 396 g/mol. The number of sulfone groups is 1. The molecule has 1 amide bonds. The van der Waals surface area contributed by atoms with E-state index in [1.165, 1.54) is 36.6 Å². The minimum Gasteiger partial charge on any atom is -0.496 e. The molecule has 1 aromatic carbocycles. The van der Waals surface area contributed by atoms with Gasteiger partial charge in [0.25, 0.3) is 5.91 Å². The third-order valence-electron chi connectivity index (χ3n) is 3.91. The van der Waals surface area contributed by atoms with Crippen molar-refractivity contribution in [3.8, 4) is 5.75 Å². The second-order valence-corrected chi connectivity index (χ2v) is 8.59. The smallest absolute Gasteiger partial charge is 0.261 e. The number of hydrogen-bond donors (Lipinski definition) is 1. The van der Waals surface area contributed by atoms with Crippen LogP contribution in [0.1, 0.15) is 16.8 Å². The van der Waals surface area contributed by atoms with E-state index in [9.17, 15) is 13.2 Å². The molecular formula is C16H20N2O5S3. The number of rotatable bonds is 6. The number of hydrogen-bond acceptors (Lipinski definition) is 7. The number of methoxy groups -OCH3 is 1. The lowest BCUT2D eigenvalue weighted by molar-refractivity contribution is 0.102. The Balaban J connectivity index is 0.00000243. The standard InChI is InChI=1S/C16H18N2O5S2.H2S/c1-22-14-3-2-12(25(20,21)10-11-4-6-23-9-11)8-13(14)15(19)18-16-17-5-7-24-16;/h2-3,5,7-8,11H,4,6,9-10H2,1H3,(H,17,18,19);1H2/t11-;/m0./s1. The van der Waals surface area contributed by atoms with E-state index in [2.05, 4.69) is 10.3 Å². The molecule has 0 unspecified atom stereocenters. The zero-order chi connectivity index (χ0) is 17.9. The van der Waals surface area contributed by atoms with E-state index >= 15 is 0 Å². The number of nitrogens with zero attached hydrogens (tertiary/aromatic N) is 1. The fourth-order valence-corrected chi connectivity index (χ4v) is 4.80. The number of thiazole rings is 1. The predicted molar refractivity (Wildman–Crippen MR) is 104 cm³/mol. The number of benzene rings is 1. The van der Waals surface area contributed by atoms with Gasteiger partial charge >= 0.3 is 0 Å². The van der Waals surface area contributed by atoms with Crippen LogP contribution in [0.15, 0.2) is 34.7 Å². The minimum atomic E-state index is -3.52. The first-order valence-corrected chi connectivity index (χ1v) is 10.2. The summed E-state index contributed by atoms with van der Waals surface area (Å²) >= 11 is 1.27. The average Bonchev–Trinajstić information content (AvgIpc) is 3.27. The summed E-state index contributed by atoms with van der Waals surface area (Å²) in [5.74, 6) is -0.169. The Morgan fingerprint density at radius 2 is 2.27 bits per heavy atom. The van der Waals surface area contributed by atoms with E-state index in [-0.39, 0.29) is 35.6 Å². The molecule has 0 saturated carbocycles. The van der Waals surface area contributed by atoms with Crippen LogP contribution < -0.4 is 10.1 Å². The Morgan fingerprint density at radius 3 is 2.88 bits per heavy atom. The van der Waals surface area contributed by atoms with Gasteiger partial charge in [-0.25, -0.2) is 13.4 Å². The number of aromatic nitrogens is 1. The molecule has 3 rings (SSSR count). The molecule has 1 saturated heterocycles. The van der Waals surface area contributed by atoms with Gasteiger partial charge in [0, 0.05) is 18.2 Å². The molecule has 142 valence electrons. The van der Waals surface area contributed by atoms with Gasteiger partial charge in [-0.3, -0.25) is 10.1 Å². The molecule has 1 fully saturated rings. The van der Waals surface area contributed by atoms with E-state index in [1.807, 2.05) is 0 Å². The van der Waals surface area contributed by atoms with Crippen molar-refractivity contribution in [2.45, 2.75) is 11.3 Å². The molecule has 1 aromatic heterocycles. The predicted octanol–water partition coefficient (Wildman–Crippen LogP) is 2.33. The molecule has 0 aliphatic carbocycles. The maximum Gasteiger partial charge on any atom is 0.261 e. The summed E-state index contributed by atoms with van der Waals surface area (Å²) in [6, 6.07) is 4.31. The fourth-order valence-electron chi connectivity index (χ4n) is 2.63. The Labute approximate surface area is 163 Å². The van der Waals surface area contributed by atoms with E-state index in [4.69, 9.17) is 9.47 Å². The highest BCUT2D eigenvalue weighted by molar-refractivity contribution is 7.91. The summed E-state index contributed by atoms with van der Waals surface area (Å²) in [4.78, 5) is 16.6. The Kier molecular flexibility index (Phi) is 7.04. The fraction of sp³-hybridized carbons (Fsp3) is 0.375. The van der Waals surface area contributed by atoms with Crippen molar-refractivity contribution < 1.29 is 22.7 Å². The minimum absolute atomic E-state index is 0. The molecule has 1 aliphatic heterocycles. The van der Waals surface area contributed by atoms with Crippen LogP contribution in [0, 0.1) is 5.92 Å². The van der Waals surface area contributed by atoms with Crippen molar-refractivity contribution >= 4 is 45.7 Å². The van der Waals surface area contributed by atoms with Gasteiger partial charge in [0.2, 0.25) is 0 Å². The third kappa shape index (κ3) is 4.76. The number of ether oxygens (including phenoxy) is 2. The number of carbonyl (C=O) groups excluding carboxylic acids is 1. The lowest BCUT2D eigenvalue weighted by Crippen LogP contribution is -2.18. The zero-order valence-electron chi connectivity index (χ0n) is 14.1. The molecule has 1 atom stereocenters. The Hall–Kier alpha value is -1.62. The highest BCUT2D eigenvalue weighted by atomic mass is 32.2. The largest absolute Gasteiger partial charge is 0.496 e. The molecule has 26 heavy (non-hydrogen) atoms. The summed E-state index contributed by atoms with van der Waals surface area (Å²) in [5, 5.41) is 4.81. The van der Waals surface area contributed by atoms with Gasteiger partial charge in [-0.05, 0) is 30.5 Å². The van der Waals surface area contributed by atoms with Crippen LogP contribution in [0.2, 0.25) is 0 Å². The quantitative estimate of drug-likeness (QED) is 0.777. The summed E-state index contributed by atoms with van der Waals surface area (Å²) in [7, 11) is -2.09. The molecule has 2 aromatic rings. The molecule has 7 nitrogen and oxygen atoms in total. The van der Waals surface area contributed by atoms with Gasteiger partial charge in [-0.2, -0.15) is 13.5 Å². The Morgan fingerprint density at radius 1 is 1.46 bits per heavy atom. The number of amides is 1. The van der Waals surface area contributed by atoms with Crippen LogP contribution in [0.5, 0.6) is 5.75 Å². The normalized spacial score (nSPS) is 16.7. The van der Waals surface area contributed by atoms with E-state index in [0.717, 1.165) is 6.42 Å². The van der Waals surface area contributed by atoms with Crippen molar-refractivity contribution in [1.29, 1.82) is 0 Å². The van der Waals surface area contributed by atoms with Crippen molar-refractivity contribution in [2.24, 2.45) is 5.92 Å². The van der Waals surface area contributed by atoms with Crippen molar-refractivity contribution in [3.63, 3.8) is 0 Å². The first-order chi connectivity index (χ1) is 12.0. The van der Waals surface area contributed by atoms with Gasteiger partial charge in [-0.1, -0.05) is 0 Å². The average molecular weight is 417 g/mol. The van der Waals surface area contributed by atoms with Gasteiger partial charge in [-0.15, -0.1) is 11.3 Å². The molecule has 2 heterocycles. The maximum atomic E-state index is 12.6. The summed E-state index contributed by atoms with van der Waals surface area (Å²) < 4.78 is 35.7.